The molecule has 0 saturated carbocycles. The van der Waals surface area contributed by atoms with Crippen molar-refractivity contribution in [3.8, 4) is 6.07 Å². The van der Waals surface area contributed by atoms with Crippen molar-refractivity contribution in [2.75, 3.05) is 11.9 Å². The van der Waals surface area contributed by atoms with Crippen molar-refractivity contribution < 1.29 is 0 Å². The highest BCUT2D eigenvalue weighted by molar-refractivity contribution is 6.32. The zero-order chi connectivity index (χ0) is 9.68. The third kappa shape index (κ3) is 3.45. The topological polar surface area (TPSA) is 61.6 Å². The lowest BCUT2D eigenvalue weighted by molar-refractivity contribution is 1.04. The Morgan fingerprint density at radius 3 is 2.85 bits per heavy atom. The second-order valence-electron chi connectivity index (χ2n) is 2.18. The van der Waals surface area contributed by atoms with Crippen LogP contribution in [0, 0.1) is 11.3 Å². The molecule has 1 rings (SSSR count). The maximum absolute atomic E-state index is 8.28. The Balaban J connectivity index is 2.62. The second kappa shape index (κ2) is 4.85. The fraction of sp³-hybridized carbons (Fsp3) is 0.286. The van der Waals surface area contributed by atoms with Crippen LogP contribution in [0.15, 0.2) is 6.07 Å². The molecular weight excluding hydrogens is 211 g/mol. The van der Waals surface area contributed by atoms with Crippen LogP contribution >= 0.6 is 23.2 Å². The standard InChI is InChI=1S/C7H6Cl2N4/c8-5-4-6(11-3-1-2-10)13-7(9)12-5/h4H,1,3H2,(H,11,12,13). The number of rotatable bonds is 3. The van der Waals surface area contributed by atoms with E-state index < -0.39 is 0 Å². The van der Waals surface area contributed by atoms with Crippen molar-refractivity contribution in [1.29, 1.82) is 5.26 Å². The van der Waals surface area contributed by atoms with E-state index in [1.165, 1.54) is 0 Å². The van der Waals surface area contributed by atoms with Crippen LogP contribution < -0.4 is 5.32 Å². The first kappa shape index (κ1) is 10.0. The van der Waals surface area contributed by atoms with Crippen molar-refractivity contribution in [3.63, 3.8) is 0 Å². The third-order valence-electron chi connectivity index (χ3n) is 1.21. The fourth-order valence-corrected chi connectivity index (χ4v) is 1.14. The number of hydrogen-bond acceptors (Lipinski definition) is 4. The highest BCUT2D eigenvalue weighted by atomic mass is 35.5. The van der Waals surface area contributed by atoms with Crippen LogP contribution in [-0.2, 0) is 0 Å². The van der Waals surface area contributed by atoms with E-state index in [9.17, 15) is 0 Å². The van der Waals surface area contributed by atoms with Gasteiger partial charge in [-0.25, -0.2) is 9.97 Å². The van der Waals surface area contributed by atoms with Crippen molar-refractivity contribution in [2.24, 2.45) is 0 Å². The first-order valence-electron chi connectivity index (χ1n) is 3.53. The molecule has 0 fully saturated rings. The fourth-order valence-electron chi connectivity index (χ4n) is 0.727. The molecule has 0 spiro atoms. The highest BCUT2D eigenvalue weighted by Crippen LogP contribution is 2.13. The Hall–Kier alpha value is -1.05. The first-order chi connectivity index (χ1) is 6.22. The molecule has 1 aromatic heterocycles. The summed E-state index contributed by atoms with van der Waals surface area (Å²) in [5, 5.41) is 11.5. The predicted octanol–water partition coefficient (Wildman–Crippen LogP) is 2.11. The van der Waals surface area contributed by atoms with Gasteiger partial charge in [0.2, 0.25) is 5.28 Å². The lowest BCUT2D eigenvalue weighted by atomic mass is 10.4. The summed E-state index contributed by atoms with van der Waals surface area (Å²) < 4.78 is 0. The SMILES string of the molecule is N#CCCNc1cc(Cl)nc(Cl)n1. The Bertz CT molecular complexity index is 314. The lowest BCUT2D eigenvalue weighted by Crippen LogP contribution is -2.02. The van der Waals surface area contributed by atoms with Crippen LogP contribution in [0.3, 0.4) is 0 Å². The summed E-state index contributed by atoms with van der Waals surface area (Å²) in [5.41, 5.74) is 0. The number of aromatic nitrogens is 2. The Labute approximate surface area is 85.5 Å². The Morgan fingerprint density at radius 1 is 1.46 bits per heavy atom. The van der Waals surface area contributed by atoms with Crippen LogP contribution in [-0.4, -0.2) is 16.5 Å². The number of anilines is 1. The van der Waals surface area contributed by atoms with Gasteiger partial charge in [-0.1, -0.05) is 11.6 Å². The van der Waals surface area contributed by atoms with Gasteiger partial charge in [-0.3, -0.25) is 0 Å². The minimum absolute atomic E-state index is 0.0898. The van der Waals surface area contributed by atoms with Gasteiger partial charge in [0, 0.05) is 12.6 Å². The first-order valence-corrected chi connectivity index (χ1v) is 4.29. The van der Waals surface area contributed by atoms with Gasteiger partial charge in [0.25, 0.3) is 0 Å². The minimum Gasteiger partial charge on any atom is -0.369 e. The zero-order valence-corrected chi connectivity index (χ0v) is 8.10. The van der Waals surface area contributed by atoms with Crippen LogP contribution in [0.2, 0.25) is 10.4 Å². The molecule has 0 unspecified atom stereocenters. The Kier molecular flexibility index (Phi) is 3.74. The quantitative estimate of drug-likeness (QED) is 0.478. The second-order valence-corrected chi connectivity index (χ2v) is 2.91. The van der Waals surface area contributed by atoms with E-state index in [0.29, 0.717) is 18.8 Å². The molecule has 68 valence electrons. The molecule has 1 aromatic rings. The summed E-state index contributed by atoms with van der Waals surface area (Å²) in [6, 6.07) is 3.54. The van der Waals surface area contributed by atoms with E-state index in [4.69, 9.17) is 28.5 Å². The molecule has 0 radical (unpaired) electrons. The third-order valence-corrected chi connectivity index (χ3v) is 1.57. The monoisotopic (exact) mass is 216 g/mol. The van der Waals surface area contributed by atoms with E-state index in [1.54, 1.807) is 6.07 Å². The van der Waals surface area contributed by atoms with Crippen molar-refractivity contribution in [1.82, 2.24) is 9.97 Å². The van der Waals surface area contributed by atoms with Crippen molar-refractivity contribution in [3.05, 3.63) is 16.5 Å². The smallest absolute Gasteiger partial charge is 0.225 e. The maximum atomic E-state index is 8.28. The van der Waals surface area contributed by atoms with Crippen molar-refractivity contribution in [2.45, 2.75) is 6.42 Å². The van der Waals surface area contributed by atoms with Crippen LogP contribution in [0.4, 0.5) is 5.82 Å². The van der Waals surface area contributed by atoms with E-state index >= 15 is 0 Å². The molecule has 6 heteroatoms. The number of halogens is 2. The molecule has 1 heterocycles. The summed E-state index contributed by atoms with van der Waals surface area (Å²) in [6.45, 7) is 0.514. The molecule has 0 bridgehead atoms. The van der Waals surface area contributed by atoms with E-state index in [0.717, 1.165) is 0 Å². The molecule has 0 aliphatic rings. The zero-order valence-electron chi connectivity index (χ0n) is 6.59. The summed E-state index contributed by atoms with van der Waals surface area (Å²) >= 11 is 11.2. The number of nitrogens with one attached hydrogen (secondary N) is 1. The molecular formula is C7H6Cl2N4. The molecule has 0 atom stereocenters. The van der Waals surface area contributed by atoms with Crippen LogP contribution in [0.5, 0.6) is 0 Å². The average Bonchev–Trinajstić information content (AvgIpc) is 2.03. The van der Waals surface area contributed by atoms with Gasteiger partial charge < -0.3 is 5.32 Å². The number of nitrogens with zero attached hydrogens (tertiary/aromatic N) is 3. The predicted molar refractivity (Wildman–Crippen MR) is 50.8 cm³/mol. The summed E-state index contributed by atoms with van der Waals surface area (Å²) in [5.74, 6) is 0.528. The molecule has 13 heavy (non-hydrogen) atoms. The van der Waals surface area contributed by atoms with Gasteiger partial charge >= 0.3 is 0 Å². The normalized spacial score (nSPS) is 9.31. The summed E-state index contributed by atoms with van der Waals surface area (Å²) in [4.78, 5) is 7.53. The maximum Gasteiger partial charge on any atom is 0.225 e. The van der Waals surface area contributed by atoms with Gasteiger partial charge in [-0.15, -0.1) is 0 Å². The van der Waals surface area contributed by atoms with E-state index in [-0.39, 0.29) is 10.4 Å². The molecule has 1 N–H and O–H groups in total. The van der Waals surface area contributed by atoms with Gasteiger partial charge in [-0.2, -0.15) is 5.26 Å². The number of nitriles is 1. The number of hydrogen-bond donors (Lipinski definition) is 1. The van der Waals surface area contributed by atoms with Gasteiger partial charge in [-0.05, 0) is 11.6 Å². The molecule has 0 amide bonds. The van der Waals surface area contributed by atoms with Gasteiger partial charge in [0.15, 0.2) is 0 Å². The summed E-state index contributed by atoms with van der Waals surface area (Å²) in [7, 11) is 0. The molecule has 0 saturated heterocycles. The highest BCUT2D eigenvalue weighted by Gasteiger charge is 1.99. The minimum atomic E-state index is 0.0898. The Morgan fingerprint density at radius 2 is 2.23 bits per heavy atom. The van der Waals surface area contributed by atoms with Gasteiger partial charge in [0.05, 0.1) is 12.5 Å². The van der Waals surface area contributed by atoms with Crippen LogP contribution in [0.1, 0.15) is 6.42 Å². The van der Waals surface area contributed by atoms with Crippen molar-refractivity contribution >= 4 is 29.0 Å². The van der Waals surface area contributed by atoms with E-state index in [1.807, 2.05) is 6.07 Å². The molecule has 0 aliphatic carbocycles. The molecule has 0 aliphatic heterocycles. The molecule has 4 nitrogen and oxygen atoms in total. The van der Waals surface area contributed by atoms with Crippen LogP contribution in [0.25, 0.3) is 0 Å². The van der Waals surface area contributed by atoms with E-state index in [2.05, 4.69) is 15.3 Å². The summed E-state index contributed by atoms with van der Waals surface area (Å²) in [6.07, 6.45) is 0.402. The average molecular weight is 217 g/mol. The van der Waals surface area contributed by atoms with Gasteiger partial charge in [0.1, 0.15) is 11.0 Å². The molecule has 0 aromatic carbocycles. The largest absolute Gasteiger partial charge is 0.369 e. The lowest BCUT2D eigenvalue weighted by Gasteiger charge is -2.02.